The van der Waals surface area contributed by atoms with Gasteiger partial charge in [0, 0.05) is 22.7 Å². The number of alkyl halides is 3. The molecule has 2 atom stereocenters. The fourth-order valence-electron chi connectivity index (χ4n) is 2.53. The van der Waals surface area contributed by atoms with E-state index in [1.54, 1.807) is 31.2 Å². The van der Waals surface area contributed by atoms with Crippen LogP contribution in [0.5, 0.6) is 0 Å². The van der Waals surface area contributed by atoms with Crippen molar-refractivity contribution in [2.75, 3.05) is 11.6 Å². The van der Waals surface area contributed by atoms with E-state index in [0.717, 1.165) is 17.9 Å². The number of anilines is 1. The number of hydrogen-bond donors (Lipinski definition) is 2. The highest BCUT2D eigenvalue weighted by Crippen LogP contribution is 2.35. The Morgan fingerprint density at radius 2 is 1.87 bits per heavy atom. The number of sulfone groups is 1. The average Bonchev–Trinajstić information content (AvgIpc) is 2.65. The average molecular weight is 477 g/mol. The highest BCUT2D eigenvalue weighted by Gasteiger charge is 2.37. The molecule has 2 N–H and O–H groups in total. The highest BCUT2D eigenvalue weighted by molar-refractivity contribution is 7.93. The summed E-state index contributed by atoms with van der Waals surface area (Å²) in [6.45, 7) is 3.07. The summed E-state index contributed by atoms with van der Waals surface area (Å²) in [5.41, 5.74) is -1.15. The Labute approximate surface area is 182 Å². The van der Waals surface area contributed by atoms with Crippen molar-refractivity contribution in [1.29, 1.82) is 0 Å². The molecular formula is C19H20ClF3N4O3S. The van der Waals surface area contributed by atoms with Crippen molar-refractivity contribution in [3.05, 3.63) is 64.1 Å². The van der Waals surface area contributed by atoms with Crippen LogP contribution in [0.25, 0.3) is 0 Å². The number of amides is 1. The second kappa shape index (κ2) is 9.65. The van der Waals surface area contributed by atoms with Crippen molar-refractivity contribution in [2.24, 2.45) is 0 Å². The first-order valence-corrected chi connectivity index (χ1v) is 11.3. The van der Waals surface area contributed by atoms with Crippen LogP contribution >= 0.6 is 11.6 Å². The molecule has 31 heavy (non-hydrogen) atoms. The molecule has 168 valence electrons. The number of carbonyl (C=O) groups excluding carboxylic acids is 1. The van der Waals surface area contributed by atoms with E-state index in [0.29, 0.717) is 10.6 Å². The van der Waals surface area contributed by atoms with Crippen LogP contribution in [0.4, 0.5) is 18.9 Å². The highest BCUT2D eigenvalue weighted by atomic mass is 35.5. The number of halogens is 4. The molecule has 0 saturated carbocycles. The summed E-state index contributed by atoms with van der Waals surface area (Å²) in [6, 6.07) is 5.30. The van der Waals surface area contributed by atoms with Crippen LogP contribution in [-0.4, -0.2) is 36.6 Å². The maximum absolute atomic E-state index is 13.6. The molecule has 2 rings (SSSR count). The molecular weight excluding hydrogens is 457 g/mol. The Morgan fingerprint density at radius 1 is 1.23 bits per heavy atom. The van der Waals surface area contributed by atoms with E-state index in [4.69, 9.17) is 11.6 Å². The Bertz CT molecular complexity index is 1090. The predicted molar refractivity (Wildman–Crippen MR) is 111 cm³/mol. The third-order valence-electron chi connectivity index (χ3n) is 3.98. The van der Waals surface area contributed by atoms with Crippen molar-refractivity contribution >= 4 is 33.0 Å². The first-order chi connectivity index (χ1) is 14.3. The van der Waals surface area contributed by atoms with Gasteiger partial charge in [0.2, 0.25) is 5.82 Å². The Balaban J connectivity index is 2.28. The molecule has 1 amide bonds. The van der Waals surface area contributed by atoms with Gasteiger partial charge in [0.15, 0.2) is 15.5 Å². The molecule has 0 saturated heterocycles. The third-order valence-corrected chi connectivity index (χ3v) is 4.97. The monoisotopic (exact) mass is 476 g/mol. The van der Waals surface area contributed by atoms with Crippen LogP contribution in [0, 0.1) is 0 Å². The quantitative estimate of drug-likeness (QED) is 0.626. The van der Waals surface area contributed by atoms with Crippen LogP contribution in [-0.2, 0) is 16.0 Å². The molecule has 1 heterocycles. The summed E-state index contributed by atoms with van der Waals surface area (Å²) in [5.74, 6) is -1.69. The number of benzene rings is 1. The van der Waals surface area contributed by atoms with Crippen molar-refractivity contribution in [2.45, 2.75) is 32.1 Å². The van der Waals surface area contributed by atoms with Crippen LogP contribution in [0.15, 0.2) is 41.9 Å². The van der Waals surface area contributed by atoms with Crippen molar-refractivity contribution < 1.29 is 26.4 Å². The van der Waals surface area contributed by atoms with Crippen LogP contribution in [0.1, 0.15) is 41.8 Å². The van der Waals surface area contributed by atoms with Gasteiger partial charge in [-0.15, -0.1) is 0 Å². The molecule has 7 nitrogen and oxygen atoms in total. The molecule has 0 aliphatic heterocycles. The van der Waals surface area contributed by atoms with E-state index in [9.17, 15) is 26.4 Å². The molecule has 0 radical (unpaired) electrons. The van der Waals surface area contributed by atoms with E-state index in [2.05, 4.69) is 20.6 Å². The molecule has 1 aromatic carbocycles. The van der Waals surface area contributed by atoms with Gasteiger partial charge in [-0.25, -0.2) is 18.4 Å². The first-order valence-electron chi connectivity index (χ1n) is 8.92. The maximum Gasteiger partial charge on any atom is 0.435 e. The van der Waals surface area contributed by atoms with E-state index in [1.807, 2.05) is 0 Å². The maximum atomic E-state index is 13.6. The molecule has 0 aliphatic carbocycles. The van der Waals surface area contributed by atoms with Gasteiger partial charge in [-0.1, -0.05) is 35.9 Å². The van der Waals surface area contributed by atoms with Crippen molar-refractivity contribution in [3.8, 4) is 0 Å². The summed E-state index contributed by atoms with van der Waals surface area (Å²) in [7, 11) is -3.42. The van der Waals surface area contributed by atoms with Crippen molar-refractivity contribution in [1.82, 2.24) is 15.3 Å². The zero-order chi connectivity index (χ0) is 23.4. The Morgan fingerprint density at radius 3 is 2.45 bits per heavy atom. The minimum atomic E-state index is -4.86. The van der Waals surface area contributed by atoms with Gasteiger partial charge in [0.25, 0.3) is 5.91 Å². The zero-order valence-corrected chi connectivity index (χ0v) is 18.3. The van der Waals surface area contributed by atoms with Crippen LogP contribution in [0.2, 0.25) is 5.02 Å². The summed E-state index contributed by atoms with van der Waals surface area (Å²) in [4.78, 5) is 19.3. The fraction of sp³-hybridized carbons (Fsp3) is 0.316. The van der Waals surface area contributed by atoms with Gasteiger partial charge >= 0.3 is 6.18 Å². The largest absolute Gasteiger partial charge is 0.435 e. The topological polar surface area (TPSA) is 101 Å². The molecule has 1 aromatic heterocycles. The minimum absolute atomic E-state index is 0.379. The lowest BCUT2D eigenvalue weighted by Gasteiger charge is -2.20. The normalized spacial score (nSPS) is 14.3. The smallest absolute Gasteiger partial charge is 0.375 e. The number of carbonyl (C=O) groups is 1. The van der Waals surface area contributed by atoms with E-state index in [-0.39, 0.29) is 0 Å². The van der Waals surface area contributed by atoms with Gasteiger partial charge in [-0.05, 0) is 25.5 Å². The van der Waals surface area contributed by atoms with Gasteiger partial charge in [-0.3, -0.25) is 4.79 Å². The summed E-state index contributed by atoms with van der Waals surface area (Å²) >= 11 is 6.09. The lowest BCUT2D eigenvalue weighted by Crippen LogP contribution is -2.33. The minimum Gasteiger partial charge on any atom is -0.375 e. The van der Waals surface area contributed by atoms with Gasteiger partial charge in [0.05, 0.1) is 17.9 Å². The van der Waals surface area contributed by atoms with Gasteiger partial charge < -0.3 is 10.6 Å². The van der Waals surface area contributed by atoms with Gasteiger partial charge in [0.1, 0.15) is 0 Å². The lowest BCUT2D eigenvalue weighted by molar-refractivity contribution is -0.140. The standard InChI is InChI=1S/C19H20ClF3N4O3S/c1-11(8-9-31(3,29)30)25-18(28)17-24-10-15(16(27-17)19(21,22)23)26-12(2)13-6-4-5-7-14(13)20/h4-12,26H,1-3H3,(H,25,28)/b9-8+/t11-,12-/m1/s1. The number of aromatic nitrogens is 2. The molecule has 0 aliphatic rings. The molecule has 0 fully saturated rings. The van der Waals surface area contributed by atoms with E-state index in [1.165, 1.54) is 13.0 Å². The van der Waals surface area contributed by atoms with Crippen LogP contribution in [0.3, 0.4) is 0 Å². The summed E-state index contributed by atoms with van der Waals surface area (Å²) in [6.07, 6.45) is -1.84. The number of hydrogen-bond acceptors (Lipinski definition) is 6. The predicted octanol–water partition coefficient (Wildman–Crippen LogP) is 4.00. The molecule has 0 bridgehead atoms. The number of nitrogens with zero attached hydrogens (tertiary/aromatic N) is 2. The summed E-state index contributed by atoms with van der Waals surface area (Å²) in [5, 5.41) is 6.26. The van der Waals surface area contributed by atoms with E-state index >= 15 is 0 Å². The SMILES string of the molecule is C[C@H](/C=C/S(C)(=O)=O)NC(=O)c1ncc(N[C@H](C)c2ccccc2Cl)c(C(F)(F)F)n1. The molecule has 0 unspecified atom stereocenters. The van der Waals surface area contributed by atoms with Gasteiger partial charge in [-0.2, -0.15) is 13.2 Å². The zero-order valence-electron chi connectivity index (χ0n) is 16.7. The Hall–Kier alpha value is -2.66. The first kappa shape index (κ1) is 24.6. The number of rotatable bonds is 7. The van der Waals surface area contributed by atoms with E-state index < -0.39 is 51.2 Å². The lowest BCUT2D eigenvalue weighted by atomic mass is 10.1. The number of nitrogens with one attached hydrogen (secondary N) is 2. The molecule has 2 aromatic rings. The summed E-state index contributed by atoms with van der Waals surface area (Å²) < 4.78 is 63.0. The third kappa shape index (κ3) is 7.21. The second-order valence-corrected chi connectivity index (χ2v) is 9.10. The molecule has 0 spiro atoms. The second-order valence-electron chi connectivity index (χ2n) is 6.76. The fourth-order valence-corrected chi connectivity index (χ4v) is 3.35. The Kier molecular flexibility index (Phi) is 7.66. The molecule has 12 heteroatoms. The van der Waals surface area contributed by atoms with Crippen LogP contribution < -0.4 is 10.6 Å². The van der Waals surface area contributed by atoms with Crippen molar-refractivity contribution in [3.63, 3.8) is 0 Å².